The van der Waals surface area contributed by atoms with Crippen molar-refractivity contribution in [2.75, 3.05) is 11.9 Å². The number of amides is 1. The van der Waals surface area contributed by atoms with Gasteiger partial charge in [0.05, 0.1) is 12.0 Å². The summed E-state index contributed by atoms with van der Waals surface area (Å²) < 4.78 is 0. The minimum Gasteiger partial charge on any atom is -0.395 e. The Kier molecular flexibility index (Phi) is 2.86. The van der Waals surface area contributed by atoms with E-state index in [1.807, 2.05) is 6.07 Å². The van der Waals surface area contributed by atoms with Crippen molar-refractivity contribution >= 4 is 11.6 Å². The number of hydrogen-bond donors (Lipinski definition) is 2. The van der Waals surface area contributed by atoms with Gasteiger partial charge in [-0.25, -0.2) is 0 Å². The minimum atomic E-state index is -0.490. The van der Waals surface area contributed by atoms with Gasteiger partial charge in [0.25, 0.3) is 0 Å². The van der Waals surface area contributed by atoms with Crippen molar-refractivity contribution in [1.82, 2.24) is 0 Å². The Bertz CT molecular complexity index is 477. The fourth-order valence-corrected chi connectivity index (χ4v) is 2.68. The van der Waals surface area contributed by atoms with Gasteiger partial charge >= 0.3 is 0 Å². The van der Waals surface area contributed by atoms with Gasteiger partial charge < -0.3 is 10.4 Å². The monoisotopic (exact) mass is 245 g/mol. The smallest absolute Gasteiger partial charge is 0.232 e. The molecule has 1 fully saturated rings. The maximum Gasteiger partial charge on any atom is 0.232 e. The van der Waals surface area contributed by atoms with E-state index in [0.29, 0.717) is 0 Å². The molecule has 1 amide bonds. The number of fused-ring (bicyclic) bond motifs is 1. The van der Waals surface area contributed by atoms with E-state index in [2.05, 4.69) is 17.4 Å². The van der Waals surface area contributed by atoms with Crippen molar-refractivity contribution in [3.8, 4) is 0 Å². The lowest BCUT2D eigenvalue weighted by Crippen LogP contribution is -2.27. The number of anilines is 1. The molecule has 0 aliphatic heterocycles. The zero-order chi connectivity index (χ0) is 12.6. The molecule has 2 aliphatic carbocycles. The molecule has 0 heterocycles. The van der Waals surface area contributed by atoms with Crippen LogP contribution in [0, 0.1) is 5.41 Å². The van der Waals surface area contributed by atoms with Crippen molar-refractivity contribution in [2.45, 2.75) is 38.5 Å². The second-order valence-corrected chi connectivity index (χ2v) is 5.58. The lowest BCUT2D eigenvalue weighted by atomic mass is 9.91. The van der Waals surface area contributed by atoms with E-state index in [0.717, 1.165) is 31.4 Å². The lowest BCUT2D eigenvalue weighted by Gasteiger charge is -2.18. The first-order valence-corrected chi connectivity index (χ1v) is 6.78. The highest BCUT2D eigenvalue weighted by Gasteiger charge is 2.49. The molecule has 18 heavy (non-hydrogen) atoms. The molecule has 3 heteroatoms. The fourth-order valence-electron chi connectivity index (χ4n) is 2.68. The van der Waals surface area contributed by atoms with Crippen LogP contribution in [0.3, 0.4) is 0 Å². The van der Waals surface area contributed by atoms with E-state index in [4.69, 9.17) is 0 Å². The summed E-state index contributed by atoms with van der Waals surface area (Å²) in [4.78, 5) is 12.0. The van der Waals surface area contributed by atoms with Gasteiger partial charge in [-0.1, -0.05) is 6.07 Å². The summed E-state index contributed by atoms with van der Waals surface area (Å²) in [6.07, 6.45) is 6.40. The molecule has 0 radical (unpaired) electrons. The molecule has 2 aliphatic rings. The largest absolute Gasteiger partial charge is 0.395 e. The second-order valence-electron chi connectivity index (χ2n) is 5.58. The van der Waals surface area contributed by atoms with Gasteiger partial charge in [-0.2, -0.15) is 0 Å². The van der Waals surface area contributed by atoms with Crippen molar-refractivity contribution in [3.63, 3.8) is 0 Å². The molecule has 96 valence electrons. The lowest BCUT2D eigenvalue weighted by molar-refractivity contribution is -0.122. The summed E-state index contributed by atoms with van der Waals surface area (Å²) in [5.74, 6) is -0.0271. The highest BCUT2D eigenvalue weighted by molar-refractivity contribution is 5.97. The van der Waals surface area contributed by atoms with E-state index < -0.39 is 5.41 Å². The third kappa shape index (κ3) is 2.03. The van der Waals surface area contributed by atoms with Gasteiger partial charge in [-0.15, -0.1) is 0 Å². The Morgan fingerprint density at radius 1 is 1.22 bits per heavy atom. The number of aliphatic hydroxyl groups excluding tert-OH is 1. The Labute approximate surface area is 107 Å². The molecule has 0 aromatic heterocycles. The highest BCUT2D eigenvalue weighted by Crippen LogP contribution is 2.46. The van der Waals surface area contributed by atoms with E-state index >= 15 is 0 Å². The topological polar surface area (TPSA) is 49.3 Å². The average Bonchev–Trinajstić information content (AvgIpc) is 3.19. The van der Waals surface area contributed by atoms with Gasteiger partial charge in [-0.05, 0) is 61.8 Å². The third-order valence-corrected chi connectivity index (χ3v) is 4.24. The minimum absolute atomic E-state index is 0.0271. The summed E-state index contributed by atoms with van der Waals surface area (Å²) in [6.45, 7) is -0.0379. The maximum absolute atomic E-state index is 12.0. The average molecular weight is 245 g/mol. The zero-order valence-electron chi connectivity index (χ0n) is 10.5. The molecule has 1 aromatic rings. The number of rotatable bonds is 3. The molecule has 0 unspecified atom stereocenters. The molecule has 2 N–H and O–H groups in total. The number of aryl methyl sites for hydroxylation is 2. The number of benzene rings is 1. The standard InChI is InChI=1S/C15H19NO2/c17-10-15(7-8-15)14(18)16-13-6-5-11-3-1-2-4-12(11)9-13/h5-6,9,17H,1-4,7-8,10H2,(H,16,18). The van der Waals surface area contributed by atoms with E-state index in [1.165, 1.54) is 24.0 Å². The van der Waals surface area contributed by atoms with Crippen molar-refractivity contribution in [1.29, 1.82) is 0 Å². The van der Waals surface area contributed by atoms with Crippen LogP contribution in [0.15, 0.2) is 18.2 Å². The first-order chi connectivity index (χ1) is 8.73. The van der Waals surface area contributed by atoms with Crippen molar-refractivity contribution < 1.29 is 9.90 Å². The summed E-state index contributed by atoms with van der Waals surface area (Å²) in [5, 5.41) is 12.2. The second kappa shape index (κ2) is 4.39. The van der Waals surface area contributed by atoms with Crippen LogP contribution in [-0.2, 0) is 17.6 Å². The molecule has 1 aromatic carbocycles. The predicted octanol–water partition coefficient (Wildman–Crippen LogP) is 2.28. The molecule has 0 spiro atoms. The van der Waals surface area contributed by atoms with Crippen molar-refractivity contribution in [3.05, 3.63) is 29.3 Å². The number of nitrogens with one attached hydrogen (secondary N) is 1. The Morgan fingerprint density at radius 2 is 1.94 bits per heavy atom. The van der Waals surface area contributed by atoms with E-state index in [-0.39, 0.29) is 12.5 Å². The summed E-state index contributed by atoms with van der Waals surface area (Å²) in [5.41, 5.74) is 3.17. The summed E-state index contributed by atoms with van der Waals surface area (Å²) in [6, 6.07) is 6.21. The quantitative estimate of drug-likeness (QED) is 0.858. The number of aliphatic hydroxyl groups is 1. The Hall–Kier alpha value is -1.35. The molecular weight excluding hydrogens is 226 g/mol. The van der Waals surface area contributed by atoms with Gasteiger partial charge in [0.1, 0.15) is 0 Å². The van der Waals surface area contributed by atoms with Crippen LogP contribution in [-0.4, -0.2) is 17.6 Å². The van der Waals surface area contributed by atoms with Gasteiger partial charge in [-0.3, -0.25) is 4.79 Å². The van der Waals surface area contributed by atoms with E-state index in [9.17, 15) is 9.90 Å². The molecule has 0 bridgehead atoms. The third-order valence-electron chi connectivity index (χ3n) is 4.24. The van der Waals surface area contributed by atoms with Crippen molar-refractivity contribution in [2.24, 2.45) is 5.41 Å². The van der Waals surface area contributed by atoms with Crippen LogP contribution in [0.5, 0.6) is 0 Å². The fraction of sp³-hybridized carbons (Fsp3) is 0.533. The predicted molar refractivity (Wildman–Crippen MR) is 70.5 cm³/mol. The van der Waals surface area contributed by atoms with E-state index in [1.54, 1.807) is 0 Å². The molecular formula is C15H19NO2. The van der Waals surface area contributed by atoms with Crippen LogP contribution in [0.25, 0.3) is 0 Å². The Morgan fingerprint density at radius 3 is 2.61 bits per heavy atom. The SMILES string of the molecule is O=C(Nc1ccc2c(c1)CCCC2)C1(CO)CC1. The van der Waals surface area contributed by atoms with Gasteiger partial charge in [0, 0.05) is 5.69 Å². The first-order valence-electron chi connectivity index (χ1n) is 6.78. The number of carbonyl (C=O) groups is 1. The molecule has 0 saturated heterocycles. The molecule has 1 saturated carbocycles. The van der Waals surface area contributed by atoms with Gasteiger partial charge in [0.15, 0.2) is 0 Å². The van der Waals surface area contributed by atoms with Gasteiger partial charge in [0.2, 0.25) is 5.91 Å². The molecule has 3 rings (SSSR count). The molecule has 0 atom stereocenters. The summed E-state index contributed by atoms with van der Waals surface area (Å²) >= 11 is 0. The normalized spacial score (nSPS) is 20.1. The molecule has 3 nitrogen and oxygen atoms in total. The van der Waals surface area contributed by atoms with Crippen LogP contribution >= 0.6 is 0 Å². The zero-order valence-corrected chi connectivity index (χ0v) is 10.5. The first kappa shape index (κ1) is 11.7. The summed E-state index contributed by atoms with van der Waals surface area (Å²) in [7, 11) is 0. The maximum atomic E-state index is 12.0. The highest BCUT2D eigenvalue weighted by atomic mass is 16.3. The van der Waals surface area contributed by atoms with Crippen LogP contribution in [0.1, 0.15) is 36.8 Å². The Balaban J connectivity index is 1.75. The number of carbonyl (C=O) groups excluding carboxylic acids is 1. The van der Waals surface area contributed by atoms with Crippen LogP contribution in [0.2, 0.25) is 0 Å². The van der Waals surface area contributed by atoms with Crippen LogP contribution < -0.4 is 5.32 Å². The number of hydrogen-bond acceptors (Lipinski definition) is 2. The van der Waals surface area contributed by atoms with Crippen LogP contribution in [0.4, 0.5) is 5.69 Å².